The molecule has 1 aromatic carbocycles. The van der Waals surface area contributed by atoms with Gasteiger partial charge in [-0.15, -0.1) is 0 Å². The van der Waals surface area contributed by atoms with E-state index in [0.29, 0.717) is 5.82 Å². The molecule has 1 atom stereocenters. The number of nitrogens with zero attached hydrogens (tertiary/aromatic N) is 1. The Bertz CT molecular complexity index is 568. The van der Waals surface area contributed by atoms with Gasteiger partial charge in [-0.2, -0.15) is 0 Å². The van der Waals surface area contributed by atoms with Crippen LogP contribution in [-0.2, 0) is 0 Å². The van der Waals surface area contributed by atoms with Crippen molar-refractivity contribution in [2.45, 2.75) is 13.0 Å². The summed E-state index contributed by atoms with van der Waals surface area (Å²) in [5, 5.41) is 11.0. The van der Waals surface area contributed by atoms with Crippen molar-refractivity contribution in [2.75, 3.05) is 0 Å². The molecule has 0 aliphatic rings. The smallest absolute Gasteiger partial charge is 0.405 e. The summed E-state index contributed by atoms with van der Waals surface area (Å²) in [7, 11) is 0. The Labute approximate surface area is 112 Å². The van der Waals surface area contributed by atoms with E-state index in [1.807, 2.05) is 24.3 Å². The molecule has 94 valence electrons. The molecule has 0 saturated heterocycles. The van der Waals surface area contributed by atoms with Crippen molar-refractivity contribution in [1.82, 2.24) is 15.3 Å². The molecule has 0 fully saturated rings. The van der Waals surface area contributed by atoms with Gasteiger partial charge in [-0.25, -0.2) is 9.78 Å². The highest BCUT2D eigenvalue weighted by molar-refractivity contribution is 9.10. The third-order valence-electron chi connectivity index (χ3n) is 2.51. The third-order valence-corrected chi connectivity index (χ3v) is 3.20. The summed E-state index contributed by atoms with van der Waals surface area (Å²) in [5.74, 6) is 0.586. The van der Waals surface area contributed by atoms with Gasteiger partial charge < -0.3 is 15.4 Å². The van der Waals surface area contributed by atoms with Crippen molar-refractivity contribution >= 4 is 22.0 Å². The number of nitrogens with one attached hydrogen (secondary N) is 2. The number of carbonyl (C=O) groups is 1. The highest BCUT2D eigenvalue weighted by atomic mass is 79.9. The average Bonchev–Trinajstić information content (AvgIpc) is 2.78. The Morgan fingerprint density at radius 2 is 2.22 bits per heavy atom. The number of imidazole rings is 1. The Morgan fingerprint density at radius 1 is 1.50 bits per heavy atom. The van der Waals surface area contributed by atoms with Gasteiger partial charge in [0.25, 0.3) is 0 Å². The van der Waals surface area contributed by atoms with Crippen LogP contribution in [-0.4, -0.2) is 21.2 Å². The molecule has 0 aliphatic heterocycles. The van der Waals surface area contributed by atoms with Gasteiger partial charge in [0.15, 0.2) is 0 Å². The number of halogens is 1. The van der Waals surface area contributed by atoms with E-state index in [1.165, 1.54) is 0 Å². The van der Waals surface area contributed by atoms with Gasteiger partial charge in [-0.3, -0.25) is 0 Å². The minimum absolute atomic E-state index is 0.376. The summed E-state index contributed by atoms with van der Waals surface area (Å²) < 4.78 is 0.957. The fourth-order valence-corrected chi connectivity index (χ4v) is 2.13. The molecular formula is C12H12BrN3O2. The molecule has 1 amide bonds. The van der Waals surface area contributed by atoms with E-state index in [0.717, 1.165) is 15.7 Å². The van der Waals surface area contributed by atoms with E-state index in [-0.39, 0.29) is 6.04 Å². The molecule has 0 saturated carbocycles. The summed E-state index contributed by atoms with van der Waals surface area (Å²) in [5.41, 5.74) is 1.83. The van der Waals surface area contributed by atoms with Gasteiger partial charge in [-0.1, -0.05) is 34.1 Å². The van der Waals surface area contributed by atoms with Crippen LogP contribution in [0, 0.1) is 0 Å². The number of rotatable bonds is 3. The lowest BCUT2D eigenvalue weighted by Gasteiger charge is -2.07. The second-order valence-corrected chi connectivity index (χ2v) is 4.69. The lowest BCUT2D eigenvalue weighted by molar-refractivity contribution is 0.190. The van der Waals surface area contributed by atoms with Crippen LogP contribution < -0.4 is 5.32 Å². The van der Waals surface area contributed by atoms with Gasteiger partial charge in [0.05, 0.1) is 17.9 Å². The van der Waals surface area contributed by atoms with Crippen LogP contribution in [0.25, 0.3) is 11.3 Å². The monoisotopic (exact) mass is 309 g/mol. The Morgan fingerprint density at radius 3 is 2.89 bits per heavy atom. The molecule has 1 aromatic heterocycles. The number of H-pyrrole nitrogens is 1. The van der Waals surface area contributed by atoms with Gasteiger partial charge in [0.2, 0.25) is 0 Å². The summed E-state index contributed by atoms with van der Waals surface area (Å²) in [4.78, 5) is 17.8. The third kappa shape index (κ3) is 2.70. The predicted octanol–water partition coefficient (Wildman–Crippen LogP) is 3.17. The van der Waals surface area contributed by atoms with Crippen molar-refractivity contribution < 1.29 is 9.90 Å². The molecule has 1 unspecified atom stereocenters. The molecule has 18 heavy (non-hydrogen) atoms. The first kappa shape index (κ1) is 12.6. The number of carboxylic acid groups (broad SMARTS) is 1. The molecular weight excluding hydrogens is 298 g/mol. The summed E-state index contributed by atoms with van der Waals surface area (Å²) in [6.07, 6.45) is 0.622. The first-order chi connectivity index (χ1) is 8.58. The number of benzene rings is 1. The van der Waals surface area contributed by atoms with Crippen LogP contribution in [0.4, 0.5) is 4.79 Å². The number of aromatic nitrogens is 2. The van der Waals surface area contributed by atoms with Crippen LogP contribution in [0.3, 0.4) is 0 Å². The quantitative estimate of drug-likeness (QED) is 0.815. The van der Waals surface area contributed by atoms with Gasteiger partial charge in [0.1, 0.15) is 5.82 Å². The standard InChI is InChI=1S/C12H12BrN3O2/c1-7(15-12(17)18)11-14-6-10(16-11)8-4-2-3-5-9(8)13/h2-7,15H,1H3,(H,14,16)(H,17,18). The van der Waals surface area contributed by atoms with E-state index in [9.17, 15) is 4.79 Å². The van der Waals surface area contributed by atoms with Crippen LogP contribution >= 0.6 is 15.9 Å². The Balaban J connectivity index is 2.26. The number of hydrogen-bond donors (Lipinski definition) is 3. The van der Waals surface area contributed by atoms with E-state index in [1.54, 1.807) is 13.1 Å². The van der Waals surface area contributed by atoms with Crippen molar-refractivity contribution in [3.8, 4) is 11.3 Å². The van der Waals surface area contributed by atoms with Crippen LogP contribution in [0.15, 0.2) is 34.9 Å². The number of aromatic amines is 1. The van der Waals surface area contributed by atoms with Crippen LogP contribution in [0.2, 0.25) is 0 Å². The van der Waals surface area contributed by atoms with Gasteiger partial charge in [-0.05, 0) is 13.0 Å². The fraction of sp³-hybridized carbons (Fsp3) is 0.167. The van der Waals surface area contributed by atoms with Crippen LogP contribution in [0.5, 0.6) is 0 Å². The van der Waals surface area contributed by atoms with E-state index >= 15 is 0 Å². The molecule has 0 radical (unpaired) electrons. The Hall–Kier alpha value is -1.82. The minimum atomic E-state index is -1.07. The topological polar surface area (TPSA) is 78.0 Å². The molecule has 0 aliphatic carbocycles. The second-order valence-electron chi connectivity index (χ2n) is 3.83. The minimum Gasteiger partial charge on any atom is -0.465 e. The van der Waals surface area contributed by atoms with Crippen molar-refractivity contribution in [1.29, 1.82) is 0 Å². The fourth-order valence-electron chi connectivity index (χ4n) is 1.63. The zero-order valence-electron chi connectivity index (χ0n) is 9.64. The molecule has 0 spiro atoms. The highest BCUT2D eigenvalue weighted by Gasteiger charge is 2.13. The van der Waals surface area contributed by atoms with Crippen molar-refractivity contribution in [3.05, 3.63) is 40.8 Å². The molecule has 1 heterocycles. The molecule has 2 aromatic rings. The van der Waals surface area contributed by atoms with E-state index in [4.69, 9.17) is 5.11 Å². The Kier molecular flexibility index (Phi) is 3.66. The summed E-state index contributed by atoms with van der Waals surface area (Å²) >= 11 is 3.46. The molecule has 6 heteroatoms. The lowest BCUT2D eigenvalue weighted by atomic mass is 10.2. The zero-order chi connectivity index (χ0) is 13.1. The maximum atomic E-state index is 10.6. The lowest BCUT2D eigenvalue weighted by Crippen LogP contribution is -2.25. The maximum Gasteiger partial charge on any atom is 0.405 e. The van der Waals surface area contributed by atoms with E-state index in [2.05, 4.69) is 31.2 Å². The van der Waals surface area contributed by atoms with Crippen LogP contribution in [0.1, 0.15) is 18.8 Å². The first-order valence-corrected chi connectivity index (χ1v) is 6.16. The zero-order valence-corrected chi connectivity index (χ0v) is 11.2. The largest absolute Gasteiger partial charge is 0.465 e. The van der Waals surface area contributed by atoms with Crippen molar-refractivity contribution in [2.24, 2.45) is 0 Å². The average molecular weight is 310 g/mol. The predicted molar refractivity (Wildman–Crippen MR) is 71.3 cm³/mol. The normalized spacial score (nSPS) is 12.1. The van der Waals surface area contributed by atoms with Gasteiger partial charge >= 0.3 is 6.09 Å². The second kappa shape index (κ2) is 5.22. The summed E-state index contributed by atoms with van der Waals surface area (Å²) in [6.45, 7) is 1.73. The van der Waals surface area contributed by atoms with Gasteiger partial charge in [0, 0.05) is 10.0 Å². The molecule has 0 bridgehead atoms. The maximum absolute atomic E-state index is 10.6. The first-order valence-electron chi connectivity index (χ1n) is 5.37. The van der Waals surface area contributed by atoms with Crippen molar-refractivity contribution in [3.63, 3.8) is 0 Å². The highest BCUT2D eigenvalue weighted by Crippen LogP contribution is 2.27. The molecule has 3 N–H and O–H groups in total. The molecule has 2 rings (SSSR count). The van der Waals surface area contributed by atoms with E-state index < -0.39 is 6.09 Å². The molecule has 5 nitrogen and oxygen atoms in total. The number of amides is 1. The SMILES string of the molecule is CC(NC(=O)O)c1ncc(-c2ccccc2Br)[nH]1. The number of hydrogen-bond acceptors (Lipinski definition) is 2. The summed E-state index contributed by atoms with van der Waals surface area (Å²) in [6, 6.07) is 7.38.